The fourth-order valence-electron chi connectivity index (χ4n) is 8.58. The van der Waals surface area contributed by atoms with Gasteiger partial charge in [0.25, 0.3) is 0 Å². The first-order valence-corrected chi connectivity index (χ1v) is 18.3. The summed E-state index contributed by atoms with van der Waals surface area (Å²) in [5.41, 5.74) is 10.3. The van der Waals surface area contributed by atoms with E-state index in [0.29, 0.717) is 0 Å². The molecule has 0 spiro atoms. The van der Waals surface area contributed by atoms with Gasteiger partial charge < -0.3 is 9.13 Å². The highest BCUT2D eigenvalue weighted by Gasteiger charge is 2.20. The lowest BCUT2D eigenvalue weighted by Crippen LogP contribution is -1.98. The van der Waals surface area contributed by atoms with Gasteiger partial charge in [0.2, 0.25) is 0 Å². The maximum Gasteiger partial charge on any atom is 0.159 e. The third kappa shape index (κ3) is 3.71. The molecule has 0 bridgehead atoms. The second kappa shape index (κ2) is 10.4. The zero-order valence-corrected chi connectivity index (χ0v) is 28.5. The van der Waals surface area contributed by atoms with E-state index in [1.807, 2.05) is 0 Å². The van der Waals surface area contributed by atoms with Crippen LogP contribution in [0.15, 0.2) is 164 Å². The number of benzene rings is 7. The highest BCUT2D eigenvalue weighted by molar-refractivity contribution is 7.26. The van der Waals surface area contributed by atoms with Gasteiger partial charge in [-0.25, -0.2) is 9.97 Å². The number of fused-ring (bicyclic) bond motifs is 12. The maximum atomic E-state index is 4.92. The van der Waals surface area contributed by atoms with E-state index >= 15 is 0 Å². The number of hydrogen-bond donors (Lipinski definition) is 0. The van der Waals surface area contributed by atoms with Crippen LogP contribution in [-0.4, -0.2) is 23.7 Å². The minimum Gasteiger partial charge on any atom is -0.309 e. The molecule has 0 aliphatic carbocycles. The second-order valence-corrected chi connectivity index (χ2v) is 14.5. The summed E-state index contributed by atoms with van der Waals surface area (Å²) in [6.45, 7) is 0. The van der Waals surface area contributed by atoms with Gasteiger partial charge >= 0.3 is 0 Å². The number of hydrogen-bond acceptors (Lipinski definition) is 3. The Morgan fingerprint density at radius 1 is 0.365 bits per heavy atom. The van der Waals surface area contributed by atoms with E-state index in [2.05, 4.69) is 171 Å². The summed E-state index contributed by atoms with van der Waals surface area (Å²) in [5, 5.41) is 8.56. The number of nitrogens with zero attached hydrogens (tertiary/aromatic N) is 5. The summed E-state index contributed by atoms with van der Waals surface area (Å²) in [6.07, 6.45) is 1.72. The number of para-hydroxylation sites is 5. The standard InChI is InChI=1S/C46H27N5S/c1-6-16-37-30(11-1)31-12-2-7-17-38(31)49(37)28-21-23-42-35(25-28)34-15-5-8-18-39(34)50(42)29-22-24-43-36(26-29)44-45(52-43)46(48-27-47-44)51-40-19-9-3-13-32(40)33-14-4-10-20-41(33)51/h1-27H. The largest absolute Gasteiger partial charge is 0.309 e. The topological polar surface area (TPSA) is 40.6 Å². The van der Waals surface area contributed by atoms with E-state index in [0.717, 1.165) is 43.8 Å². The van der Waals surface area contributed by atoms with Crippen LogP contribution in [0.2, 0.25) is 0 Å². The molecule has 0 aliphatic heterocycles. The van der Waals surface area contributed by atoms with Crippen molar-refractivity contribution in [2.24, 2.45) is 0 Å². The van der Waals surface area contributed by atoms with Crippen LogP contribution in [0.3, 0.4) is 0 Å². The Hall–Kier alpha value is -6.76. The molecule has 0 radical (unpaired) electrons. The monoisotopic (exact) mass is 681 g/mol. The van der Waals surface area contributed by atoms with Crippen LogP contribution in [0.1, 0.15) is 0 Å². The lowest BCUT2D eigenvalue weighted by molar-refractivity contribution is 1.08. The molecule has 0 atom stereocenters. The van der Waals surface area contributed by atoms with Crippen LogP contribution in [0, 0.1) is 0 Å². The molecule has 0 unspecified atom stereocenters. The van der Waals surface area contributed by atoms with E-state index in [-0.39, 0.29) is 0 Å². The molecule has 0 saturated heterocycles. The van der Waals surface area contributed by atoms with Crippen molar-refractivity contribution in [3.8, 4) is 17.2 Å². The van der Waals surface area contributed by atoms with Gasteiger partial charge in [-0.1, -0.05) is 91.0 Å². The summed E-state index contributed by atoms with van der Waals surface area (Å²) in [6, 6.07) is 57.0. The van der Waals surface area contributed by atoms with Gasteiger partial charge in [0.05, 0.1) is 43.3 Å². The normalized spacial score (nSPS) is 12.2. The summed E-state index contributed by atoms with van der Waals surface area (Å²) in [7, 11) is 0. The quantitative estimate of drug-likeness (QED) is 0.186. The van der Waals surface area contributed by atoms with Gasteiger partial charge in [-0.2, -0.15) is 0 Å². The molecule has 52 heavy (non-hydrogen) atoms. The number of rotatable bonds is 3. The Morgan fingerprint density at radius 2 is 0.788 bits per heavy atom. The van der Waals surface area contributed by atoms with Crippen molar-refractivity contribution < 1.29 is 0 Å². The van der Waals surface area contributed by atoms with Crippen molar-refractivity contribution in [2.75, 3.05) is 0 Å². The van der Waals surface area contributed by atoms with Gasteiger partial charge in [0.1, 0.15) is 6.33 Å². The lowest BCUT2D eigenvalue weighted by atomic mass is 10.1. The van der Waals surface area contributed by atoms with E-state index < -0.39 is 0 Å². The molecule has 0 amide bonds. The molecular formula is C46H27N5S. The average molecular weight is 682 g/mol. The maximum absolute atomic E-state index is 4.92. The Labute approximate surface area is 300 Å². The van der Waals surface area contributed by atoms with E-state index in [1.54, 1.807) is 17.7 Å². The summed E-state index contributed by atoms with van der Waals surface area (Å²) < 4.78 is 9.37. The van der Waals surface area contributed by atoms with Crippen molar-refractivity contribution in [3.05, 3.63) is 164 Å². The Balaban J connectivity index is 1.08. The Bertz CT molecular complexity index is 3320. The molecule has 12 aromatic rings. The third-order valence-electron chi connectivity index (χ3n) is 10.8. The van der Waals surface area contributed by atoms with Crippen molar-refractivity contribution in [1.29, 1.82) is 0 Å². The van der Waals surface area contributed by atoms with Gasteiger partial charge in [-0.3, -0.25) is 4.57 Å². The fraction of sp³-hybridized carbons (Fsp3) is 0. The number of thiophene rings is 1. The molecule has 242 valence electrons. The molecule has 5 heterocycles. The van der Waals surface area contributed by atoms with Crippen molar-refractivity contribution in [1.82, 2.24) is 23.7 Å². The van der Waals surface area contributed by atoms with E-state index in [1.165, 1.54) is 59.1 Å². The van der Waals surface area contributed by atoms with E-state index in [9.17, 15) is 0 Å². The minimum atomic E-state index is 0.916. The Morgan fingerprint density at radius 3 is 1.33 bits per heavy atom. The van der Waals surface area contributed by atoms with Gasteiger partial charge in [-0.05, 0) is 66.7 Å². The smallest absolute Gasteiger partial charge is 0.159 e. The zero-order valence-electron chi connectivity index (χ0n) is 27.7. The van der Waals surface area contributed by atoms with Crippen molar-refractivity contribution in [2.45, 2.75) is 0 Å². The molecule has 5 aromatic heterocycles. The first-order valence-electron chi connectivity index (χ1n) is 17.5. The summed E-state index contributed by atoms with van der Waals surface area (Å²) >= 11 is 1.76. The first kappa shape index (κ1) is 28.0. The van der Waals surface area contributed by atoms with Crippen molar-refractivity contribution in [3.63, 3.8) is 0 Å². The fourth-order valence-corrected chi connectivity index (χ4v) is 9.70. The first-order chi connectivity index (χ1) is 25.8. The Kier molecular flexibility index (Phi) is 5.59. The molecule has 5 nitrogen and oxygen atoms in total. The predicted molar refractivity (Wildman–Crippen MR) is 218 cm³/mol. The molecule has 0 N–H and O–H groups in total. The lowest BCUT2D eigenvalue weighted by Gasteiger charge is -2.10. The predicted octanol–water partition coefficient (Wildman–Crippen LogP) is 12.1. The van der Waals surface area contributed by atoms with E-state index in [4.69, 9.17) is 9.97 Å². The summed E-state index contributed by atoms with van der Waals surface area (Å²) in [5.74, 6) is 0.916. The highest BCUT2D eigenvalue weighted by atomic mass is 32.1. The van der Waals surface area contributed by atoms with Crippen LogP contribution >= 0.6 is 11.3 Å². The minimum absolute atomic E-state index is 0.916. The molecule has 12 rings (SSSR count). The molecule has 6 heteroatoms. The molecule has 7 aromatic carbocycles. The van der Waals surface area contributed by atoms with Crippen LogP contribution in [0.25, 0.3) is 103 Å². The molecular weight excluding hydrogens is 655 g/mol. The van der Waals surface area contributed by atoms with Crippen LogP contribution < -0.4 is 0 Å². The highest BCUT2D eigenvalue weighted by Crippen LogP contribution is 2.41. The SMILES string of the molecule is c1ccc2c(c1)c1ccccc1n2-c1ccc2c(c1)c1ccccc1n2-c1ccc2sc3c(-n4c5ccccc5c5ccccc54)ncnc3c2c1. The third-order valence-corrected chi connectivity index (χ3v) is 11.9. The zero-order chi connectivity index (χ0) is 33.9. The summed E-state index contributed by atoms with van der Waals surface area (Å²) in [4.78, 5) is 9.83. The molecule has 0 saturated carbocycles. The number of aromatic nitrogens is 5. The molecule has 0 fully saturated rings. The van der Waals surface area contributed by atoms with Gasteiger partial charge in [-0.15, -0.1) is 11.3 Å². The van der Waals surface area contributed by atoms with Gasteiger partial charge in [0, 0.05) is 53.8 Å². The van der Waals surface area contributed by atoms with Crippen LogP contribution in [0.4, 0.5) is 0 Å². The van der Waals surface area contributed by atoms with Gasteiger partial charge in [0.15, 0.2) is 5.82 Å². The van der Waals surface area contributed by atoms with Crippen molar-refractivity contribution >= 4 is 97.1 Å². The molecule has 0 aliphatic rings. The average Bonchev–Trinajstić information content (AvgIpc) is 3.94. The van der Waals surface area contributed by atoms with Crippen LogP contribution in [-0.2, 0) is 0 Å². The second-order valence-electron chi connectivity index (χ2n) is 13.5. The van der Waals surface area contributed by atoms with Crippen LogP contribution in [0.5, 0.6) is 0 Å².